The largest absolute Gasteiger partial charge is 0.461 e. The molecule has 0 saturated carbocycles. The monoisotopic (exact) mass is 463 g/mol. The van der Waals surface area contributed by atoms with Gasteiger partial charge >= 0.3 is 12.5 Å². The van der Waals surface area contributed by atoms with Crippen LogP contribution in [0.15, 0.2) is 78.9 Å². The van der Waals surface area contributed by atoms with Crippen LogP contribution in [-0.2, 0) is 6.54 Å². The molecule has 0 spiro atoms. The molecular formula is C25H25F4NO3. The first kappa shape index (κ1) is 24.4. The summed E-state index contributed by atoms with van der Waals surface area (Å²) in [5.74, 6) is 0.887. The number of hydrogen-bond acceptors (Lipinski definition) is 4. The lowest BCUT2D eigenvalue weighted by Gasteiger charge is -2.28. The van der Waals surface area contributed by atoms with Crippen molar-refractivity contribution in [3.05, 3.63) is 84.4 Å². The fourth-order valence-electron chi connectivity index (χ4n) is 3.14. The van der Waals surface area contributed by atoms with Gasteiger partial charge in [-0.05, 0) is 48.4 Å². The third-order valence-corrected chi connectivity index (χ3v) is 4.84. The maximum atomic E-state index is 13.3. The Labute approximate surface area is 190 Å². The molecule has 0 radical (unpaired) electrons. The quantitative estimate of drug-likeness (QED) is 0.330. The van der Waals surface area contributed by atoms with Gasteiger partial charge in [-0.3, -0.25) is 0 Å². The van der Waals surface area contributed by atoms with Crippen molar-refractivity contribution >= 4 is 5.69 Å². The average molecular weight is 463 g/mol. The van der Waals surface area contributed by atoms with Gasteiger partial charge in [-0.2, -0.15) is 17.6 Å². The van der Waals surface area contributed by atoms with E-state index in [0.29, 0.717) is 23.5 Å². The van der Waals surface area contributed by atoms with Crippen molar-refractivity contribution in [1.82, 2.24) is 0 Å². The second-order valence-electron chi connectivity index (χ2n) is 7.47. The minimum Gasteiger partial charge on any atom is -0.457 e. The summed E-state index contributed by atoms with van der Waals surface area (Å²) in [6.45, 7) is 2.34. The number of nitrogens with zero attached hydrogens (tertiary/aromatic N) is 1. The Bertz CT molecular complexity index is 1020. The Hall–Kier alpha value is -3.26. The first-order chi connectivity index (χ1) is 15.8. The van der Waals surface area contributed by atoms with Crippen molar-refractivity contribution in [3.63, 3.8) is 0 Å². The predicted molar refractivity (Wildman–Crippen MR) is 118 cm³/mol. The smallest absolute Gasteiger partial charge is 0.457 e. The molecule has 3 aromatic carbocycles. The van der Waals surface area contributed by atoms with Crippen LogP contribution in [0.4, 0.5) is 23.2 Å². The molecule has 4 nitrogen and oxygen atoms in total. The number of hydrogen-bond donors (Lipinski definition) is 1. The number of anilines is 1. The predicted octanol–water partition coefficient (Wildman–Crippen LogP) is 6.49. The van der Waals surface area contributed by atoms with Crippen LogP contribution in [0, 0.1) is 0 Å². The Morgan fingerprint density at radius 2 is 1.55 bits per heavy atom. The molecule has 8 heteroatoms. The zero-order valence-electron chi connectivity index (χ0n) is 18.0. The fraction of sp³-hybridized carbons (Fsp3) is 0.280. The number of ether oxygens (including phenoxy) is 2. The van der Waals surface area contributed by atoms with Crippen molar-refractivity contribution < 1.29 is 32.1 Å². The number of para-hydroxylation sites is 1. The number of alkyl halides is 4. The van der Waals surface area contributed by atoms with Gasteiger partial charge in [-0.25, -0.2) is 0 Å². The van der Waals surface area contributed by atoms with Gasteiger partial charge in [0, 0.05) is 24.8 Å². The third-order valence-electron chi connectivity index (χ3n) is 4.84. The summed E-state index contributed by atoms with van der Waals surface area (Å²) < 4.78 is 61.7. The average Bonchev–Trinajstić information content (AvgIpc) is 2.79. The summed E-state index contributed by atoms with van der Waals surface area (Å²) in [7, 11) is 0. The van der Waals surface area contributed by atoms with E-state index in [1.165, 1.54) is 18.2 Å². The van der Waals surface area contributed by atoms with E-state index in [2.05, 4.69) is 4.74 Å². The van der Waals surface area contributed by atoms with E-state index in [4.69, 9.17) is 4.74 Å². The van der Waals surface area contributed by atoms with Crippen molar-refractivity contribution in [1.29, 1.82) is 0 Å². The maximum Gasteiger partial charge on any atom is 0.461 e. The van der Waals surface area contributed by atoms with Crippen molar-refractivity contribution in [2.24, 2.45) is 0 Å². The Balaban J connectivity index is 1.82. The highest BCUT2D eigenvalue weighted by Gasteiger charge is 2.44. The van der Waals surface area contributed by atoms with Gasteiger partial charge in [0.25, 0.3) is 0 Å². The molecule has 0 bridgehead atoms. The van der Waals surface area contributed by atoms with Crippen LogP contribution in [0.3, 0.4) is 0 Å². The van der Waals surface area contributed by atoms with E-state index in [9.17, 15) is 22.7 Å². The molecule has 0 aliphatic rings. The number of rotatable bonds is 11. The highest BCUT2D eigenvalue weighted by molar-refractivity contribution is 5.52. The molecule has 1 N–H and O–H groups in total. The molecule has 0 aliphatic carbocycles. The topological polar surface area (TPSA) is 41.9 Å². The van der Waals surface area contributed by atoms with Crippen molar-refractivity contribution in [2.75, 3.05) is 11.4 Å². The maximum absolute atomic E-state index is 13.3. The van der Waals surface area contributed by atoms with Gasteiger partial charge in [0.15, 0.2) is 0 Å². The van der Waals surface area contributed by atoms with Crippen LogP contribution >= 0.6 is 0 Å². The molecule has 0 aliphatic heterocycles. The van der Waals surface area contributed by atoms with E-state index < -0.39 is 18.6 Å². The van der Waals surface area contributed by atoms with E-state index in [-0.39, 0.29) is 18.8 Å². The van der Waals surface area contributed by atoms with Gasteiger partial charge in [0.05, 0.1) is 6.10 Å². The molecular weight excluding hydrogens is 438 g/mol. The van der Waals surface area contributed by atoms with Crippen LogP contribution in [0.1, 0.15) is 18.9 Å². The van der Waals surface area contributed by atoms with E-state index in [1.807, 2.05) is 54.3 Å². The summed E-state index contributed by atoms with van der Waals surface area (Å²) in [6, 6.07) is 22.1. The number of benzene rings is 3. The molecule has 1 unspecified atom stereocenters. The zero-order chi connectivity index (χ0) is 23.8. The third kappa shape index (κ3) is 7.12. The minimum atomic E-state index is -4.58. The Kier molecular flexibility index (Phi) is 8.16. The van der Waals surface area contributed by atoms with E-state index in [1.54, 1.807) is 18.2 Å². The molecule has 33 heavy (non-hydrogen) atoms. The van der Waals surface area contributed by atoms with Crippen molar-refractivity contribution in [2.45, 2.75) is 38.5 Å². The number of halogens is 4. The van der Waals surface area contributed by atoms with Gasteiger partial charge in [0.1, 0.15) is 17.2 Å². The summed E-state index contributed by atoms with van der Waals surface area (Å²) in [5.41, 5.74) is 1.29. The lowest BCUT2D eigenvalue weighted by Crippen LogP contribution is -2.33. The van der Waals surface area contributed by atoms with Gasteiger partial charge < -0.3 is 19.5 Å². The second-order valence-corrected chi connectivity index (χ2v) is 7.47. The van der Waals surface area contributed by atoms with Crippen LogP contribution < -0.4 is 14.4 Å². The number of aliphatic hydroxyl groups excluding tert-OH is 1. The molecule has 176 valence electrons. The fourth-order valence-corrected chi connectivity index (χ4v) is 3.14. The minimum absolute atomic E-state index is 0.225. The van der Waals surface area contributed by atoms with Crippen LogP contribution in [0.2, 0.25) is 0 Å². The summed E-state index contributed by atoms with van der Waals surface area (Å²) in [4.78, 5) is 1.86. The van der Waals surface area contributed by atoms with Crippen LogP contribution in [0.5, 0.6) is 17.2 Å². The molecule has 0 amide bonds. The molecule has 0 saturated heterocycles. The lowest BCUT2D eigenvalue weighted by molar-refractivity contribution is -0.253. The van der Waals surface area contributed by atoms with Gasteiger partial charge in [-0.15, -0.1) is 0 Å². The SMILES string of the molecule is CCC(O)CN(Cc1cccc(OC(F)(F)C(F)F)c1)c1cccc(Oc2ccccc2)c1. The molecule has 0 aromatic heterocycles. The summed E-state index contributed by atoms with van der Waals surface area (Å²) >= 11 is 0. The van der Waals surface area contributed by atoms with E-state index >= 15 is 0 Å². The summed E-state index contributed by atoms with van der Waals surface area (Å²) in [6.07, 6.45) is -8.64. The van der Waals surface area contributed by atoms with E-state index in [0.717, 1.165) is 5.69 Å². The van der Waals surface area contributed by atoms with Gasteiger partial charge in [0.2, 0.25) is 0 Å². The van der Waals surface area contributed by atoms with Crippen molar-refractivity contribution in [3.8, 4) is 17.2 Å². The van der Waals surface area contributed by atoms with Crippen LogP contribution in [-0.4, -0.2) is 30.3 Å². The Morgan fingerprint density at radius 1 is 0.879 bits per heavy atom. The highest BCUT2D eigenvalue weighted by atomic mass is 19.3. The second kappa shape index (κ2) is 11.0. The Morgan fingerprint density at radius 3 is 2.24 bits per heavy atom. The summed E-state index contributed by atoms with van der Waals surface area (Å²) in [5, 5.41) is 10.3. The molecule has 3 aromatic rings. The molecule has 3 rings (SSSR count). The van der Waals surface area contributed by atoms with Crippen LogP contribution in [0.25, 0.3) is 0 Å². The molecule has 0 heterocycles. The first-order valence-corrected chi connectivity index (χ1v) is 10.5. The number of aliphatic hydroxyl groups is 1. The standard InChI is InChI=1S/C25H25F4NO3/c1-2-20(31)17-30(16-18-8-6-13-23(14-18)33-25(28,29)24(26)27)19-9-7-12-22(15-19)32-21-10-4-3-5-11-21/h3-15,20,24,31H,2,16-17H2,1H3. The molecule has 1 atom stereocenters. The normalized spacial score (nSPS) is 12.5. The first-order valence-electron chi connectivity index (χ1n) is 10.5. The highest BCUT2D eigenvalue weighted by Crippen LogP contribution is 2.30. The molecule has 0 fully saturated rings. The zero-order valence-corrected chi connectivity index (χ0v) is 18.0. The van der Waals surface area contributed by atoms with Gasteiger partial charge in [-0.1, -0.05) is 43.3 Å². The lowest BCUT2D eigenvalue weighted by atomic mass is 10.1.